The quantitative estimate of drug-likeness (QED) is 0.811. The third-order valence-corrected chi connectivity index (χ3v) is 2.96. The average Bonchev–Trinajstić information content (AvgIpc) is 2.45. The molecule has 1 aromatic carbocycles. The van der Waals surface area contributed by atoms with Crippen LogP contribution in [0.2, 0.25) is 0 Å². The van der Waals surface area contributed by atoms with Crippen molar-refractivity contribution in [2.45, 2.75) is 26.3 Å². The van der Waals surface area contributed by atoms with Gasteiger partial charge in [0.25, 0.3) is 0 Å². The van der Waals surface area contributed by atoms with Crippen molar-refractivity contribution >= 4 is 17.7 Å². The van der Waals surface area contributed by atoms with Crippen LogP contribution in [0.5, 0.6) is 0 Å². The van der Waals surface area contributed by atoms with Gasteiger partial charge in [0.2, 0.25) is 0 Å². The zero-order chi connectivity index (χ0) is 15.8. The minimum Gasteiger partial charge on any atom is -0.478 e. The molecular formula is C16H17N3O2. The predicted molar refractivity (Wildman–Crippen MR) is 80.5 cm³/mol. The van der Waals surface area contributed by atoms with E-state index in [4.69, 9.17) is 10.4 Å². The molecule has 0 aliphatic heterocycles. The molecule has 0 spiro atoms. The van der Waals surface area contributed by atoms with E-state index in [1.54, 1.807) is 18.2 Å². The summed E-state index contributed by atoms with van der Waals surface area (Å²) in [5, 5.41) is 26.6. The zero-order valence-corrected chi connectivity index (χ0v) is 12.1. The first-order valence-electron chi connectivity index (χ1n) is 6.58. The van der Waals surface area contributed by atoms with Crippen molar-refractivity contribution in [2.24, 2.45) is 0 Å². The number of nitriles is 2. The summed E-state index contributed by atoms with van der Waals surface area (Å²) in [7, 11) is 0. The Bertz CT molecular complexity index is 621. The van der Waals surface area contributed by atoms with Crippen molar-refractivity contribution in [2.75, 3.05) is 11.4 Å². The first-order valence-corrected chi connectivity index (χ1v) is 6.58. The van der Waals surface area contributed by atoms with E-state index in [9.17, 15) is 10.1 Å². The maximum Gasteiger partial charge on any atom is 0.328 e. The van der Waals surface area contributed by atoms with Crippen molar-refractivity contribution in [3.8, 4) is 12.1 Å². The minimum atomic E-state index is -1.03. The molecule has 0 aromatic heterocycles. The average molecular weight is 283 g/mol. The monoisotopic (exact) mass is 283 g/mol. The van der Waals surface area contributed by atoms with Gasteiger partial charge in [-0.15, -0.1) is 0 Å². The summed E-state index contributed by atoms with van der Waals surface area (Å²) in [6.07, 6.45) is 2.86. The minimum absolute atomic E-state index is 0.158. The van der Waals surface area contributed by atoms with Crippen LogP contribution in [0.1, 0.15) is 31.4 Å². The normalized spacial score (nSPS) is 10.3. The lowest BCUT2D eigenvalue weighted by molar-refractivity contribution is -0.131. The predicted octanol–water partition coefficient (Wildman–Crippen LogP) is 2.78. The SMILES string of the molecule is CC(C)N(CCC#N)c1ccc(/C=C/C(=O)O)cc1C#N. The number of aliphatic carboxylic acids is 1. The molecule has 0 saturated heterocycles. The van der Waals surface area contributed by atoms with Crippen LogP contribution < -0.4 is 4.90 Å². The first-order chi connectivity index (χ1) is 9.99. The van der Waals surface area contributed by atoms with E-state index in [2.05, 4.69) is 12.1 Å². The molecule has 5 heteroatoms. The molecule has 0 bridgehead atoms. The molecular weight excluding hydrogens is 266 g/mol. The van der Waals surface area contributed by atoms with Crippen molar-refractivity contribution in [1.29, 1.82) is 10.5 Å². The molecule has 108 valence electrons. The van der Waals surface area contributed by atoms with Crippen molar-refractivity contribution < 1.29 is 9.90 Å². The van der Waals surface area contributed by atoms with Crippen LogP contribution in [0, 0.1) is 22.7 Å². The molecule has 1 N–H and O–H groups in total. The maximum absolute atomic E-state index is 10.5. The fourth-order valence-electron chi connectivity index (χ4n) is 1.99. The Morgan fingerprint density at radius 1 is 1.43 bits per heavy atom. The number of carboxylic acids is 1. The smallest absolute Gasteiger partial charge is 0.328 e. The molecule has 21 heavy (non-hydrogen) atoms. The second kappa shape index (κ2) is 7.72. The maximum atomic E-state index is 10.5. The van der Waals surface area contributed by atoms with Gasteiger partial charge in [-0.05, 0) is 37.6 Å². The molecule has 0 unspecified atom stereocenters. The number of nitrogens with zero attached hydrogens (tertiary/aromatic N) is 3. The molecule has 0 aliphatic carbocycles. The second-order valence-electron chi connectivity index (χ2n) is 4.76. The van der Waals surface area contributed by atoms with Gasteiger partial charge in [-0.1, -0.05) is 6.07 Å². The van der Waals surface area contributed by atoms with E-state index < -0.39 is 5.97 Å². The molecule has 1 aromatic rings. The van der Waals surface area contributed by atoms with Crippen LogP contribution in [-0.2, 0) is 4.79 Å². The Morgan fingerprint density at radius 3 is 2.67 bits per heavy atom. The number of carbonyl (C=O) groups is 1. The van der Waals surface area contributed by atoms with Crippen molar-refractivity contribution in [3.63, 3.8) is 0 Å². The highest BCUT2D eigenvalue weighted by atomic mass is 16.4. The molecule has 5 nitrogen and oxygen atoms in total. The van der Waals surface area contributed by atoms with Crippen LogP contribution in [0.3, 0.4) is 0 Å². The van der Waals surface area contributed by atoms with Gasteiger partial charge >= 0.3 is 5.97 Å². The van der Waals surface area contributed by atoms with Gasteiger partial charge in [-0.2, -0.15) is 10.5 Å². The van der Waals surface area contributed by atoms with Gasteiger partial charge in [-0.3, -0.25) is 0 Å². The number of hydrogen-bond acceptors (Lipinski definition) is 4. The van der Waals surface area contributed by atoms with Gasteiger partial charge in [0.15, 0.2) is 0 Å². The van der Waals surface area contributed by atoms with E-state index in [-0.39, 0.29) is 6.04 Å². The number of rotatable bonds is 6. The largest absolute Gasteiger partial charge is 0.478 e. The molecule has 0 atom stereocenters. The lowest BCUT2D eigenvalue weighted by atomic mass is 10.1. The Balaban J connectivity index is 3.15. The molecule has 0 amide bonds. The van der Waals surface area contributed by atoms with Gasteiger partial charge in [0.1, 0.15) is 6.07 Å². The lowest BCUT2D eigenvalue weighted by Crippen LogP contribution is -2.32. The molecule has 0 saturated carbocycles. The van der Waals surface area contributed by atoms with Crippen LogP contribution >= 0.6 is 0 Å². The highest BCUT2D eigenvalue weighted by molar-refractivity contribution is 5.85. The topological polar surface area (TPSA) is 88.1 Å². The number of benzene rings is 1. The van der Waals surface area contributed by atoms with Crippen LogP contribution in [-0.4, -0.2) is 23.7 Å². The van der Waals surface area contributed by atoms with E-state index >= 15 is 0 Å². The van der Waals surface area contributed by atoms with Crippen LogP contribution in [0.15, 0.2) is 24.3 Å². The number of carboxylic acid groups (broad SMARTS) is 1. The standard InChI is InChI=1S/C16H17N3O2/c1-12(2)19(9-3-8-17)15-6-4-13(5-7-16(20)21)10-14(15)11-18/h4-7,10,12H,3,9H2,1-2H3,(H,20,21)/b7-5+. The van der Waals surface area contributed by atoms with E-state index in [0.29, 0.717) is 24.1 Å². The zero-order valence-electron chi connectivity index (χ0n) is 12.1. The number of hydrogen-bond donors (Lipinski definition) is 1. The summed E-state index contributed by atoms with van der Waals surface area (Å²) in [6, 6.07) is 9.59. The fraction of sp³-hybridized carbons (Fsp3) is 0.312. The summed E-state index contributed by atoms with van der Waals surface area (Å²) in [5.41, 5.74) is 1.88. The van der Waals surface area contributed by atoms with Crippen LogP contribution in [0.4, 0.5) is 5.69 Å². The summed E-state index contributed by atoms with van der Waals surface area (Å²) in [4.78, 5) is 12.5. The number of anilines is 1. The van der Waals surface area contributed by atoms with E-state index in [1.807, 2.05) is 18.7 Å². The van der Waals surface area contributed by atoms with Crippen molar-refractivity contribution in [1.82, 2.24) is 0 Å². The van der Waals surface area contributed by atoms with Gasteiger partial charge in [0.05, 0.1) is 23.7 Å². The van der Waals surface area contributed by atoms with Crippen molar-refractivity contribution in [3.05, 3.63) is 35.4 Å². The summed E-state index contributed by atoms with van der Waals surface area (Å²) in [6.45, 7) is 4.54. The van der Waals surface area contributed by atoms with Gasteiger partial charge in [0, 0.05) is 18.7 Å². The third-order valence-electron chi connectivity index (χ3n) is 2.96. The molecule has 1 rings (SSSR count). The summed E-state index contributed by atoms with van der Waals surface area (Å²) < 4.78 is 0. The van der Waals surface area contributed by atoms with E-state index in [0.717, 1.165) is 11.8 Å². The Labute approximate surface area is 124 Å². The summed E-state index contributed by atoms with van der Waals surface area (Å²) in [5.74, 6) is -1.03. The molecule has 0 heterocycles. The first kappa shape index (κ1) is 16.3. The van der Waals surface area contributed by atoms with E-state index in [1.165, 1.54) is 6.08 Å². The highest BCUT2D eigenvalue weighted by Gasteiger charge is 2.14. The second-order valence-corrected chi connectivity index (χ2v) is 4.76. The Hall–Kier alpha value is -2.79. The highest BCUT2D eigenvalue weighted by Crippen LogP contribution is 2.24. The lowest BCUT2D eigenvalue weighted by Gasteiger charge is -2.29. The Morgan fingerprint density at radius 2 is 2.14 bits per heavy atom. The third kappa shape index (κ3) is 4.67. The summed E-state index contributed by atoms with van der Waals surface area (Å²) >= 11 is 0. The molecule has 0 radical (unpaired) electrons. The van der Waals surface area contributed by atoms with Gasteiger partial charge < -0.3 is 10.0 Å². The molecule has 0 fully saturated rings. The Kier molecular flexibility index (Phi) is 5.98. The van der Waals surface area contributed by atoms with Gasteiger partial charge in [-0.25, -0.2) is 4.79 Å². The van der Waals surface area contributed by atoms with Crippen LogP contribution in [0.25, 0.3) is 6.08 Å². The fourth-order valence-corrected chi connectivity index (χ4v) is 1.99. The molecule has 0 aliphatic rings.